The molecule has 6 heteroatoms. The molecule has 2 N–H and O–H groups in total. The van der Waals surface area contributed by atoms with E-state index < -0.39 is 0 Å². The number of aliphatic hydroxyl groups is 1. The summed E-state index contributed by atoms with van der Waals surface area (Å²) in [5.74, 6) is 0.413. The lowest BCUT2D eigenvalue weighted by Gasteiger charge is -2.07. The summed E-state index contributed by atoms with van der Waals surface area (Å²) in [6, 6.07) is 10.1. The highest BCUT2D eigenvalue weighted by Crippen LogP contribution is 2.31. The molecule has 0 amide bonds. The number of hydrogen-bond acceptors (Lipinski definition) is 4. The van der Waals surface area contributed by atoms with Crippen LogP contribution in [0.3, 0.4) is 0 Å². The minimum absolute atomic E-state index is 0.0413. The minimum atomic E-state index is -0.273. The van der Waals surface area contributed by atoms with Crippen LogP contribution in [0.1, 0.15) is 0 Å². The largest absolute Gasteiger partial charge is 0.395 e. The van der Waals surface area contributed by atoms with Gasteiger partial charge in [-0.15, -0.1) is 0 Å². The lowest BCUT2D eigenvalue weighted by molar-refractivity contribution is 0.311. The van der Waals surface area contributed by atoms with E-state index in [1.165, 1.54) is 12.1 Å². The Labute approximate surface area is 133 Å². The van der Waals surface area contributed by atoms with Crippen LogP contribution in [0, 0.1) is 5.82 Å². The highest BCUT2D eigenvalue weighted by atomic mass is 19.1. The number of aromatic nitrogens is 3. The van der Waals surface area contributed by atoms with Crippen molar-refractivity contribution in [2.45, 2.75) is 0 Å². The number of nitrogens with zero attached hydrogens (tertiary/aromatic N) is 3. The smallest absolute Gasteiger partial charge is 0.126 e. The summed E-state index contributed by atoms with van der Waals surface area (Å²) in [5.41, 5.74) is 3.52. The molecule has 2 heterocycles. The first-order valence-electron chi connectivity index (χ1n) is 7.28. The summed E-state index contributed by atoms with van der Waals surface area (Å²) in [7, 11) is 1.85. The summed E-state index contributed by atoms with van der Waals surface area (Å²) in [5, 5.41) is 16.4. The third-order valence-electron chi connectivity index (χ3n) is 3.44. The van der Waals surface area contributed by atoms with Crippen molar-refractivity contribution in [1.29, 1.82) is 0 Å². The summed E-state index contributed by atoms with van der Waals surface area (Å²) >= 11 is 0. The predicted octanol–water partition coefficient (Wildman–Crippen LogP) is 2.69. The second kappa shape index (κ2) is 6.58. The zero-order chi connectivity index (χ0) is 16.2. The number of aryl methyl sites for hydroxylation is 1. The van der Waals surface area contributed by atoms with Crippen molar-refractivity contribution in [2.24, 2.45) is 7.05 Å². The van der Waals surface area contributed by atoms with Gasteiger partial charge in [0.2, 0.25) is 0 Å². The Bertz CT molecular complexity index is 799. The van der Waals surface area contributed by atoms with Gasteiger partial charge >= 0.3 is 0 Å². The summed E-state index contributed by atoms with van der Waals surface area (Å²) in [6.45, 7) is 0.480. The van der Waals surface area contributed by atoms with Gasteiger partial charge in [0, 0.05) is 37.1 Å². The highest BCUT2D eigenvalue weighted by molar-refractivity contribution is 5.81. The van der Waals surface area contributed by atoms with Gasteiger partial charge < -0.3 is 10.4 Å². The summed E-state index contributed by atoms with van der Waals surface area (Å²) in [6.07, 6.45) is 3.63. The van der Waals surface area contributed by atoms with Gasteiger partial charge in [-0.25, -0.2) is 9.37 Å². The molecule has 3 rings (SSSR count). The molecule has 0 aliphatic heterocycles. The van der Waals surface area contributed by atoms with Crippen molar-refractivity contribution < 1.29 is 9.50 Å². The fourth-order valence-electron chi connectivity index (χ4n) is 2.40. The van der Waals surface area contributed by atoms with Gasteiger partial charge in [0.15, 0.2) is 0 Å². The zero-order valence-corrected chi connectivity index (χ0v) is 12.7. The van der Waals surface area contributed by atoms with Gasteiger partial charge in [-0.3, -0.25) is 4.68 Å². The number of hydrogen-bond donors (Lipinski definition) is 2. The van der Waals surface area contributed by atoms with E-state index >= 15 is 0 Å². The van der Waals surface area contributed by atoms with Crippen molar-refractivity contribution in [3.8, 4) is 22.4 Å². The lowest BCUT2D eigenvalue weighted by Crippen LogP contribution is -2.06. The van der Waals surface area contributed by atoms with E-state index in [2.05, 4.69) is 15.4 Å². The Kier molecular flexibility index (Phi) is 4.34. The summed E-state index contributed by atoms with van der Waals surface area (Å²) in [4.78, 5) is 4.22. The van der Waals surface area contributed by atoms with Crippen molar-refractivity contribution in [2.75, 3.05) is 18.5 Å². The quantitative estimate of drug-likeness (QED) is 0.760. The fourth-order valence-corrected chi connectivity index (χ4v) is 2.40. The lowest BCUT2D eigenvalue weighted by atomic mass is 10.0. The Morgan fingerprint density at radius 2 is 1.96 bits per heavy atom. The Balaban J connectivity index is 2.02. The molecule has 23 heavy (non-hydrogen) atoms. The number of halogens is 1. The molecule has 0 atom stereocenters. The first-order valence-corrected chi connectivity index (χ1v) is 7.28. The molecule has 2 aromatic heterocycles. The number of rotatable bonds is 5. The molecule has 0 aliphatic carbocycles. The van der Waals surface area contributed by atoms with Crippen LogP contribution in [0.15, 0.2) is 48.8 Å². The van der Waals surface area contributed by atoms with Gasteiger partial charge in [-0.1, -0.05) is 0 Å². The number of pyridine rings is 1. The third-order valence-corrected chi connectivity index (χ3v) is 3.44. The number of anilines is 1. The highest BCUT2D eigenvalue weighted by Gasteiger charge is 2.13. The second-order valence-corrected chi connectivity index (χ2v) is 5.15. The number of benzene rings is 1. The van der Waals surface area contributed by atoms with Crippen molar-refractivity contribution in [3.63, 3.8) is 0 Å². The van der Waals surface area contributed by atoms with Crippen LogP contribution in [-0.4, -0.2) is 33.0 Å². The van der Waals surface area contributed by atoms with Gasteiger partial charge in [-0.05, 0) is 42.0 Å². The Hall–Kier alpha value is -2.73. The SMILES string of the molecule is Cn1cc(-c2ccnc(NCCO)c2)c(-c2ccc(F)cc2)n1. The van der Waals surface area contributed by atoms with E-state index in [4.69, 9.17) is 5.11 Å². The van der Waals surface area contributed by atoms with E-state index in [1.54, 1.807) is 23.0 Å². The molecule has 0 unspecified atom stereocenters. The van der Waals surface area contributed by atoms with Crippen LogP contribution in [0.4, 0.5) is 10.2 Å². The Morgan fingerprint density at radius 3 is 2.70 bits per heavy atom. The van der Waals surface area contributed by atoms with Crippen molar-refractivity contribution >= 4 is 5.82 Å². The Morgan fingerprint density at radius 1 is 1.17 bits per heavy atom. The zero-order valence-electron chi connectivity index (χ0n) is 12.7. The predicted molar refractivity (Wildman–Crippen MR) is 87.4 cm³/mol. The molecule has 0 aliphatic rings. The van der Waals surface area contributed by atoms with E-state index in [1.807, 2.05) is 25.4 Å². The fraction of sp³-hybridized carbons (Fsp3) is 0.176. The van der Waals surface area contributed by atoms with Crippen LogP contribution in [0.25, 0.3) is 22.4 Å². The molecular formula is C17H17FN4O. The molecule has 0 saturated carbocycles. The minimum Gasteiger partial charge on any atom is -0.395 e. The maximum absolute atomic E-state index is 13.1. The van der Waals surface area contributed by atoms with E-state index in [9.17, 15) is 4.39 Å². The molecule has 0 spiro atoms. The normalized spacial score (nSPS) is 10.7. The molecule has 0 saturated heterocycles. The second-order valence-electron chi connectivity index (χ2n) is 5.15. The van der Waals surface area contributed by atoms with Crippen molar-refractivity contribution in [1.82, 2.24) is 14.8 Å². The van der Waals surface area contributed by atoms with Gasteiger partial charge in [0.1, 0.15) is 17.3 Å². The van der Waals surface area contributed by atoms with Gasteiger partial charge in [0.25, 0.3) is 0 Å². The molecule has 1 aromatic carbocycles. The average Bonchev–Trinajstić information content (AvgIpc) is 2.96. The maximum Gasteiger partial charge on any atom is 0.126 e. The topological polar surface area (TPSA) is 63.0 Å². The van der Waals surface area contributed by atoms with Crippen LogP contribution < -0.4 is 5.32 Å². The van der Waals surface area contributed by atoms with E-state index in [0.29, 0.717) is 12.4 Å². The third kappa shape index (κ3) is 3.37. The molecule has 0 radical (unpaired) electrons. The standard InChI is InChI=1S/C17H17FN4O/c1-22-11-15(13-6-7-19-16(10-13)20-8-9-23)17(21-22)12-2-4-14(18)5-3-12/h2-7,10-11,23H,8-9H2,1H3,(H,19,20). The molecule has 0 bridgehead atoms. The van der Waals surface area contributed by atoms with Crippen LogP contribution in [-0.2, 0) is 7.05 Å². The first kappa shape index (κ1) is 15.2. The maximum atomic E-state index is 13.1. The van der Waals surface area contributed by atoms with Crippen LogP contribution >= 0.6 is 0 Å². The number of nitrogens with one attached hydrogen (secondary N) is 1. The molecule has 118 valence electrons. The van der Waals surface area contributed by atoms with E-state index in [-0.39, 0.29) is 12.4 Å². The van der Waals surface area contributed by atoms with E-state index in [0.717, 1.165) is 22.4 Å². The van der Waals surface area contributed by atoms with Gasteiger partial charge in [-0.2, -0.15) is 5.10 Å². The molecule has 0 fully saturated rings. The van der Waals surface area contributed by atoms with Crippen LogP contribution in [0.5, 0.6) is 0 Å². The molecule has 5 nitrogen and oxygen atoms in total. The van der Waals surface area contributed by atoms with Crippen molar-refractivity contribution in [3.05, 3.63) is 54.6 Å². The van der Waals surface area contributed by atoms with Crippen LogP contribution in [0.2, 0.25) is 0 Å². The monoisotopic (exact) mass is 312 g/mol. The van der Waals surface area contributed by atoms with Gasteiger partial charge in [0.05, 0.1) is 6.61 Å². The summed E-state index contributed by atoms with van der Waals surface area (Å²) < 4.78 is 14.9. The first-order chi connectivity index (χ1) is 11.2. The molecular weight excluding hydrogens is 295 g/mol. The average molecular weight is 312 g/mol. The number of aliphatic hydroxyl groups excluding tert-OH is 1. The molecule has 3 aromatic rings.